The molecule has 0 bridgehead atoms. The highest BCUT2D eigenvalue weighted by atomic mass is 16.4. The molecule has 0 aliphatic carbocycles. The van der Waals surface area contributed by atoms with Gasteiger partial charge in [0.1, 0.15) is 6.29 Å². The van der Waals surface area contributed by atoms with Crippen molar-refractivity contribution in [3.63, 3.8) is 0 Å². The van der Waals surface area contributed by atoms with Crippen LogP contribution in [0.15, 0.2) is 0 Å². The van der Waals surface area contributed by atoms with Crippen LogP contribution in [0.3, 0.4) is 0 Å². The number of carboxylic acid groups (broad SMARTS) is 1. The summed E-state index contributed by atoms with van der Waals surface area (Å²) in [5.74, 6) is -2.89. The average molecular weight is 261 g/mol. The summed E-state index contributed by atoms with van der Waals surface area (Å²) >= 11 is 0. The Labute approximate surface area is 105 Å². The Morgan fingerprint density at radius 3 is 2.28 bits per heavy atom. The van der Waals surface area contributed by atoms with Gasteiger partial charge in [0.25, 0.3) is 0 Å². The minimum atomic E-state index is -1.88. The van der Waals surface area contributed by atoms with Crippen LogP contribution in [0.5, 0.6) is 0 Å². The predicted octanol–water partition coefficient (Wildman–Crippen LogP) is -1.23. The molecule has 0 rings (SSSR count). The van der Waals surface area contributed by atoms with Gasteiger partial charge in [-0.2, -0.15) is 0 Å². The number of carbonyl (C=O) groups is 3. The van der Waals surface area contributed by atoms with Crippen molar-refractivity contribution in [2.45, 2.75) is 32.5 Å². The first-order valence-corrected chi connectivity index (χ1v) is 5.60. The lowest BCUT2D eigenvalue weighted by Crippen LogP contribution is -2.43. The topological polar surface area (TPSA) is 124 Å². The molecular weight excluding hydrogens is 242 g/mol. The monoisotopic (exact) mass is 261 g/mol. The number of rotatable bonds is 8. The van der Waals surface area contributed by atoms with Gasteiger partial charge in [0.05, 0.1) is 6.10 Å². The molecule has 0 aliphatic rings. The number of amides is 1. The van der Waals surface area contributed by atoms with Gasteiger partial charge in [0.15, 0.2) is 6.10 Å². The molecule has 0 aromatic rings. The summed E-state index contributed by atoms with van der Waals surface area (Å²) in [7, 11) is 0. The Hall–Kier alpha value is -1.47. The van der Waals surface area contributed by atoms with Gasteiger partial charge in [0.2, 0.25) is 5.91 Å². The Balaban J connectivity index is 4.09. The molecule has 0 fully saturated rings. The van der Waals surface area contributed by atoms with Crippen molar-refractivity contribution in [3.05, 3.63) is 0 Å². The Kier molecular flexibility index (Phi) is 7.14. The maximum atomic E-state index is 11.3. The third kappa shape index (κ3) is 5.74. The van der Waals surface area contributed by atoms with Gasteiger partial charge in [-0.25, -0.2) is 4.79 Å². The number of aliphatic hydroxyl groups excluding tert-OH is 2. The van der Waals surface area contributed by atoms with E-state index in [1.54, 1.807) is 6.92 Å². The molecule has 7 nitrogen and oxygen atoms in total. The smallest absolute Gasteiger partial charge is 0.335 e. The van der Waals surface area contributed by atoms with Crippen LogP contribution in [0.1, 0.15) is 20.3 Å². The van der Waals surface area contributed by atoms with Gasteiger partial charge in [-0.05, 0) is 0 Å². The first-order chi connectivity index (χ1) is 8.29. The number of hydrogen-bond acceptors (Lipinski definition) is 5. The molecule has 18 heavy (non-hydrogen) atoms. The van der Waals surface area contributed by atoms with Crippen molar-refractivity contribution in [1.82, 2.24) is 5.32 Å². The fourth-order valence-corrected chi connectivity index (χ4v) is 1.27. The molecule has 0 unspecified atom stereocenters. The number of carboxylic acids is 1. The van der Waals surface area contributed by atoms with E-state index in [1.807, 2.05) is 0 Å². The van der Waals surface area contributed by atoms with Crippen molar-refractivity contribution in [1.29, 1.82) is 0 Å². The molecule has 0 radical (unpaired) electrons. The van der Waals surface area contributed by atoms with Crippen LogP contribution < -0.4 is 5.32 Å². The van der Waals surface area contributed by atoms with Crippen LogP contribution in [-0.4, -0.2) is 52.2 Å². The number of carbonyl (C=O) groups excluding carboxylic acids is 2. The van der Waals surface area contributed by atoms with Crippen LogP contribution in [0.25, 0.3) is 0 Å². The number of nitrogens with one attached hydrogen (secondary N) is 1. The summed E-state index contributed by atoms with van der Waals surface area (Å²) in [6.07, 6.45) is -2.66. The van der Waals surface area contributed by atoms with Crippen LogP contribution in [0.2, 0.25) is 0 Å². The highest BCUT2D eigenvalue weighted by Gasteiger charge is 2.28. The Morgan fingerprint density at radius 1 is 1.28 bits per heavy atom. The summed E-state index contributed by atoms with van der Waals surface area (Å²) in [6, 6.07) is 0. The molecule has 0 aliphatic heterocycles. The van der Waals surface area contributed by atoms with Gasteiger partial charge in [-0.3, -0.25) is 4.79 Å². The molecule has 0 saturated heterocycles. The standard InChI is InChI=1S/C11H19NO6/c1-6(5-13)3-8(14)12-4-7(2)9(15)10(16)11(17)18/h5-7,9-10,15-16H,3-4H2,1-2H3,(H,12,14)(H,17,18)/t6-,7-,9+,10+/m0/s1. The zero-order valence-corrected chi connectivity index (χ0v) is 10.4. The van der Waals surface area contributed by atoms with Crippen molar-refractivity contribution in [2.75, 3.05) is 6.54 Å². The lowest BCUT2D eigenvalue weighted by Gasteiger charge is -2.21. The first-order valence-electron chi connectivity index (χ1n) is 5.60. The molecule has 0 aromatic heterocycles. The van der Waals surface area contributed by atoms with Gasteiger partial charge in [0, 0.05) is 24.8 Å². The summed E-state index contributed by atoms with van der Waals surface area (Å²) < 4.78 is 0. The highest BCUT2D eigenvalue weighted by molar-refractivity contribution is 5.78. The first kappa shape index (κ1) is 16.5. The predicted molar refractivity (Wildman–Crippen MR) is 61.7 cm³/mol. The van der Waals surface area contributed by atoms with Gasteiger partial charge in [-0.1, -0.05) is 13.8 Å². The molecule has 104 valence electrons. The molecule has 0 spiro atoms. The molecule has 4 atom stereocenters. The van der Waals surface area contributed by atoms with Crippen molar-refractivity contribution < 1.29 is 29.7 Å². The van der Waals surface area contributed by atoms with Crippen LogP contribution >= 0.6 is 0 Å². The summed E-state index contributed by atoms with van der Waals surface area (Å²) in [5.41, 5.74) is 0. The summed E-state index contributed by atoms with van der Waals surface area (Å²) in [4.78, 5) is 32.1. The van der Waals surface area contributed by atoms with E-state index in [9.17, 15) is 19.5 Å². The minimum absolute atomic E-state index is 0.0237. The number of hydrogen-bond donors (Lipinski definition) is 4. The van der Waals surface area contributed by atoms with Crippen LogP contribution in [0.4, 0.5) is 0 Å². The second kappa shape index (κ2) is 7.78. The Morgan fingerprint density at radius 2 is 1.83 bits per heavy atom. The lowest BCUT2D eigenvalue weighted by atomic mass is 9.99. The normalized spacial score (nSPS) is 17.3. The van der Waals surface area contributed by atoms with Gasteiger partial charge < -0.3 is 25.4 Å². The molecule has 1 amide bonds. The van der Waals surface area contributed by atoms with E-state index in [4.69, 9.17) is 10.2 Å². The van der Waals surface area contributed by atoms with Crippen molar-refractivity contribution in [3.8, 4) is 0 Å². The highest BCUT2D eigenvalue weighted by Crippen LogP contribution is 2.07. The van der Waals surface area contributed by atoms with E-state index in [-0.39, 0.29) is 18.9 Å². The van der Waals surface area contributed by atoms with E-state index in [0.717, 1.165) is 0 Å². The van der Waals surface area contributed by atoms with E-state index >= 15 is 0 Å². The maximum absolute atomic E-state index is 11.3. The third-order valence-electron chi connectivity index (χ3n) is 2.52. The largest absolute Gasteiger partial charge is 0.479 e. The van der Waals surface area contributed by atoms with Gasteiger partial charge in [-0.15, -0.1) is 0 Å². The van der Waals surface area contributed by atoms with E-state index in [2.05, 4.69) is 5.32 Å². The Bertz CT molecular complexity index is 306. The van der Waals surface area contributed by atoms with E-state index in [0.29, 0.717) is 6.29 Å². The SMILES string of the molecule is C[C@H](C=O)CC(=O)NC[C@H](C)[C@@H](O)[C@@H](O)C(=O)O. The molecule has 4 N–H and O–H groups in total. The second-order valence-electron chi connectivity index (χ2n) is 4.37. The van der Waals surface area contributed by atoms with E-state index < -0.39 is 30.0 Å². The molecule has 0 aromatic carbocycles. The fraction of sp³-hybridized carbons (Fsp3) is 0.727. The maximum Gasteiger partial charge on any atom is 0.335 e. The second-order valence-corrected chi connectivity index (χ2v) is 4.37. The van der Waals surface area contributed by atoms with Crippen molar-refractivity contribution >= 4 is 18.2 Å². The van der Waals surface area contributed by atoms with Gasteiger partial charge >= 0.3 is 5.97 Å². The van der Waals surface area contributed by atoms with Crippen molar-refractivity contribution in [2.24, 2.45) is 11.8 Å². The minimum Gasteiger partial charge on any atom is -0.479 e. The molecule has 7 heteroatoms. The van der Waals surface area contributed by atoms with E-state index in [1.165, 1.54) is 6.92 Å². The van der Waals surface area contributed by atoms with Crippen LogP contribution in [0, 0.1) is 11.8 Å². The molecule has 0 saturated carbocycles. The summed E-state index contributed by atoms with van der Waals surface area (Å²) in [6.45, 7) is 3.12. The fourth-order valence-electron chi connectivity index (χ4n) is 1.27. The molecular formula is C11H19NO6. The average Bonchev–Trinajstić information content (AvgIpc) is 2.33. The number of aliphatic hydroxyl groups is 2. The number of aliphatic carboxylic acids is 1. The third-order valence-corrected chi connectivity index (χ3v) is 2.52. The number of aldehydes is 1. The molecule has 0 heterocycles. The summed E-state index contributed by atoms with van der Waals surface area (Å²) in [5, 5.41) is 29.5. The lowest BCUT2D eigenvalue weighted by molar-refractivity contribution is -0.154. The van der Waals surface area contributed by atoms with Crippen LogP contribution in [-0.2, 0) is 14.4 Å². The quantitative estimate of drug-likeness (QED) is 0.406. The zero-order valence-electron chi connectivity index (χ0n) is 10.4. The zero-order chi connectivity index (χ0) is 14.3.